The number of rotatable bonds is 4. The molecule has 1 aromatic heterocycles. The average Bonchev–Trinajstić information content (AvgIpc) is 2.65. The Balaban J connectivity index is 2.06. The van der Waals surface area contributed by atoms with E-state index in [-0.39, 0.29) is 12.3 Å². The van der Waals surface area contributed by atoms with E-state index in [0.29, 0.717) is 24.4 Å². The molecule has 1 aliphatic rings. The van der Waals surface area contributed by atoms with Crippen LogP contribution in [0.2, 0.25) is 0 Å². The van der Waals surface area contributed by atoms with Crippen molar-refractivity contribution < 1.29 is 19.1 Å². The number of hydrogen-bond donors (Lipinski definition) is 2. The fourth-order valence-electron chi connectivity index (χ4n) is 2.94. The van der Waals surface area contributed by atoms with Crippen LogP contribution in [0.4, 0.5) is 0 Å². The normalized spacial score (nSPS) is 18.0. The van der Waals surface area contributed by atoms with Gasteiger partial charge in [-0.15, -0.1) is 0 Å². The smallest absolute Gasteiger partial charge is 0.311 e. The summed E-state index contributed by atoms with van der Waals surface area (Å²) < 4.78 is 5.26. The van der Waals surface area contributed by atoms with E-state index in [2.05, 4.69) is 10.3 Å². The van der Waals surface area contributed by atoms with Gasteiger partial charge >= 0.3 is 5.97 Å². The quantitative estimate of drug-likeness (QED) is 0.832. The maximum Gasteiger partial charge on any atom is 0.311 e. The number of aromatic nitrogens is 1. The summed E-state index contributed by atoms with van der Waals surface area (Å²) >= 11 is 0. The van der Waals surface area contributed by atoms with E-state index in [1.165, 1.54) is 0 Å². The Morgan fingerprint density at radius 3 is 2.33 bits per heavy atom. The molecule has 2 rings (SSSR count). The number of nitrogens with zero attached hydrogens (tertiary/aromatic N) is 1. The first-order chi connectivity index (χ1) is 9.94. The van der Waals surface area contributed by atoms with Crippen LogP contribution in [0.1, 0.15) is 60.7 Å². The molecule has 1 saturated carbocycles. The molecule has 1 heterocycles. The average molecular weight is 294 g/mol. The van der Waals surface area contributed by atoms with Crippen LogP contribution in [0.3, 0.4) is 0 Å². The Morgan fingerprint density at radius 2 is 1.86 bits per heavy atom. The first-order valence-electron chi connectivity index (χ1n) is 7.40. The van der Waals surface area contributed by atoms with Gasteiger partial charge in [0.15, 0.2) is 5.89 Å². The molecule has 0 bridgehead atoms. The van der Waals surface area contributed by atoms with Gasteiger partial charge in [-0.2, -0.15) is 0 Å². The highest BCUT2D eigenvalue weighted by Gasteiger charge is 2.39. The number of oxazole rings is 1. The predicted molar refractivity (Wildman–Crippen MR) is 76.1 cm³/mol. The predicted octanol–water partition coefficient (Wildman–Crippen LogP) is 2.45. The second-order valence-electron chi connectivity index (χ2n) is 5.83. The van der Waals surface area contributed by atoms with Crippen molar-refractivity contribution in [2.24, 2.45) is 5.41 Å². The van der Waals surface area contributed by atoms with Gasteiger partial charge in [-0.25, -0.2) is 4.98 Å². The molecule has 0 aliphatic heterocycles. The summed E-state index contributed by atoms with van der Waals surface area (Å²) in [7, 11) is 0. The lowest BCUT2D eigenvalue weighted by Crippen LogP contribution is -2.43. The van der Waals surface area contributed by atoms with Gasteiger partial charge in [-0.05, 0) is 19.8 Å². The fourth-order valence-corrected chi connectivity index (χ4v) is 2.94. The summed E-state index contributed by atoms with van der Waals surface area (Å²) in [5, 5.41) is 12.3. The number of aliphatic carboxylic acids is 1. The molecule has 0 saturated heterocycles. The summed E-state index contributed by atoms with van der Waals surface area (Å²) in [6.45, 7) is 3.51. The zero-order valence-electron chi connectivity index (χ0n) is 12.6. The minimum absolute atomic E-state index is 0.139. The van der Waals surface area contributed by atoms with Crippen molar-refractivity contribution in [1.82, 2.24) is 10.3 Å². The SMILES string of the molecule is Cc1nc(C)c(C(=O)NCC2(C(=O)O)CCCCCC2)o1. The summed E-state index contributed by atoms with van der Waals surface area (Å²) in [4.78, 5) is 27.8. The Labute approximate surface area is 123 Å². The Bertz CT molecular complexity index is 528. The van der Waals surface area contributed by atoms with E-state index in [1.54, 1.807) is 13.8 Å². The first-order valence-corrected chi connectivity index (χ1v) is 7.40. The van der Waals surface area contributed by atoms with E-state index < -0.39 is 17.3 Å². The number of carbonyl (C=O) groups is 2. The molecule has 1 amide bonds. The van der Waals surface area contributed by atoms with Crippen molar-refractivity contribution in [1.29, 1.82) is 0 Å². The van der Waals surface area contributed by atoms with Crippen LogP contribution in [-0.4, -0.2) is 28.5 Å². The number of carboxylic acid groups (broad SMARTS) is 1. The molecule has 21 heavy (non-hydrogen) atoms. The standard InChI is InChI=1S/C15H22N2O4/c1-10-12(21-11(2)17-10)13(18)16-9-15(14(19)20)7-5-3-4-6-8-15/h3-9H2,1-2H3,(H,16,18)(H,19,20). The Kier molecular flexibility index (Phi) is 4.65. The van der Waals surface area contributed by atoms with Crippen LogP contribution in [-0.2, 0) is 4.79 Å². The maximum atomic E-state index is 12.1. The number of hydrogen-bond acceptors (Lipinski definition) is 4. The van der Waals surface area contributed by atoms with Crippen molar-refractivity contribution in [3.63, 3.8) is 0 Å². The van der Waals surface area contributed by atoms with Crippen molar-refractivity contribution in [3.05, 3.63) is 17.3 Å². The molecule has 1 aromatic rings. The molecule has 0 spiro atoms. The summed E-state index contributed by atoms with van der Waals surface area (Å²) in [5.74, 6) is -0.616. The number of aryl methyl sites for hydroxylation is 2. The summed E-state index contributed by atoms with van der Waals surface area (Å²) in [6.07, 6.45) is 5.12. The van der Waals surface area contributed by atoms with Crippen LogP contribution in [0, 0.1) is 19.3 Å². The molecule has 6 nitrogen and oxygen atoms in total. The van der Waals surface area contributed by atoms with Gasteiger partial charge in [0.2, 0.25) is 5.76 Å². The minimum atomic E-state index is -0.852. The van der Waals surface area contributed by atoms with Gasteiger partial charge in [0.1, 0.15) is 0 Å². The topological polar surface area (TPSA) is 92.4 Å². The molecular formula is C15H22N2O4. The van der Waals surface area contributed by atoms with Crippen molar-refractivity contribution >= 4 is 11.9 Å². The third kappa shape index (κ3) is 3.43. The summed E-state index contributed by atoms with van der Waals surface area (Å²) in [6, 6.07) is 0. The van der Waals surface area contributed by atoms with Crippen molar-refractivity contribution in [2.45, 2.75) is 52.4 Å². The van der Waals surface area contributed by atoms with Crippen LogP contribution in [0.25, 0.3) is 0 Å². The maximum absolute atomic E-state index is 12.1. The third-order valence-corrected chi connectivity index (χ3v) is 4.21. The molecular weight excluding hydrogens is 272 g/mol. The molecule has 1 fully saturated rings. The molecule has 6 heteroatoms. The van der Waals surface area contributed by atoms with E-state index in [0.717, 1.165) is 25.7 Å². The van der Waals surface area contributed by atoms with E-state index in [4.69, 9.17) is 4.42 Å². The highest BCUT2D eigenvalue weighted by atomic mass is 16.4. The first kappa shape index (κ1) is 15.5. The second-order valence-corrected chi connectivity index (χ2v) is 5.83. The van der Waals surface area contributed by atoms with Crippen molar-refractivity contribution in [2.75, 3.05) is 6.54 Å². The van der Waals surface area contributed by atoms with Gasteiger partial charge < -0.3 is 14.8 Å². The number of amides is 1. The molecule has 0 radical (unpaired) electrons. The molecule has 116 valence electrons. The zero-order valence-corrected chi connectivity index (χ0v) is 12.6. The largest absolute Gasteiger partial charge is 0.481 e. The van der Waals surface area contributed by atoms with Crippen molar-refractivity contribution in [3.8, 4) is 0 Å². The zero-order chi connectivity index (χ0) is 15.5. The summed E-state index contributed by atoms with van der Waals surface area (Å²) in [5.41, 5.74) is -0.329. The van der Waals surface area contributed by atoms with E-state index in [9.17, 15) is 14.7 Å². The molecule has 0 unspecified atom stereocenters. The lowest BCUT2D eigenvalue weighted by atomic mass is 9.80. The van der Waals surface area contributed by atoms with Gasteiger partial charge in [-0.1, -0.05) is 25.7 Å². The molecule has 0 atom stereocenters. The van der Waals surface area contributed by atoms with E-state index in [1.807, 2.05) is 0 Å². The van der Waals surface area contributed by atoms with Crippen LogP contribution in [0.15, 0.2) is 4.42 Å². The van der Waals surface area contributed by atoms with Gasteiger partial charge in [0.05, 0.1) is 11.1 Å². The number of carbonyl (C=O) groups excluding carboxylic acids is 1. The molecule has 0 aromatic carbocycles. The highest BCUT2D eigenvalue weighted by Crippen LogP contribution is 2.35. The minimum Gasteiger partial charge on any atom is -0.481 e. The fraction of sp³-hybridized carbons (Fsp3) is 0.667. The van der Waals surface area contributed by atoms with Gasteiger partial charge in [-0.3, -0.25) is 9.59 Å². The molecule has 1 aliphatic carbocycles. The van der Waals surface area contributed by atoms with Crippen LogP contribution >= 0.6 is 0 Å². The number of nitrogens with one attached hydrogen (secondary N) is 1. The Morgan fingerprint density at radius 1 is 1.24 bits per heavy atom. The van der Waals surface area contributed by atoms with E-state index >= 15 is 0 Å². The number of carboxylic acids is 1. The van der Waals surface area contributed by atoms with Crippen LogP contribution < -0.4 is 5.32 Å². The monoisotopic (exact) mass is 294 g/mol. The highest BCUT2D eigenvalue weighted by molar-refractivity contribution is 5.92. The third-order valence-electron chi connectivity index (χ3n) is 4.21. The lowest BCUT2D eigenvalue weighted by Gasteiger charge is -2.28. The van der Waals surface area contributed by atoms with Gasteiger partial charge in [0, 0.05) is 13.5 Å². The lowest BCUT2D eigenvalue weighted by molar-refractivity contribution is -0.149. The second kappa shape index (κ2) is 6.28. The van der Waals surface area contributed by atoms with Gasteiger partial charge in [0.25, 0.3) is 5.91 Å². The van der Waals surface area contributed by atoms with Crippen LogP contribution in [0.5, 0.6) is 0 Å². The molecule has 2 N–H and O–H groups in total. The Hall–Kier alpha value is -1.85.